The number of rotatable bonds is 35. The van der Waals surface area contributed by atoms with E-state index in [-0.39, 0.29) is 18.1 Å². The number of hydrogen-bond donors (Lipinski definition) is 1. The Morgan fingerprint density at radius 2 is 0.667 bits per heavy atom. The van der Waals surface area contributed by atoms with Gasteiger partial charge >= 0.3 is 11.9 Å². The molecule has 0 aromatic rings. The van der Waals surface area contributed by atoms with E-state index in [1.807, 2.05) is 20.8 Å². The Balaban J connectivity index is 0. The van der Waals surface area contributed by atoms with E-state index in [1.54, 1.807) is 0 Å². The highest BCUT2D eigenvalue weighted by Gasteiger charge is 2.37. The van der Waals surface area contributed by atoms with Crippen molar-refractivity contribution in [2.45, 2.75) is 252 Å². The highest BCUT2D eigenvalue weighted by Crippen LogP contribution is 2.29. The zero-order valence-corrected chi connectivity index (χ0v) is 33.8. The van der Waals surface area contributed by atoms with E-state index in [0.717, 1.165) is 32.1 Å². The Hall–Kier alpha value is -0.810. The van der Waals surface area contributed by atoms with E-state index in [1.165, 1.54) is 161 Å². The Bertz CT molecular complexity index is 696. The summed E-state index contributed by atoms with van der Waals surface area (Å²) in [4.78, 5) is 25.1. The highest BCUT2D eigenvalue weighted by molar-refractivity contribution is 6.20. The molecule has 2 unspecified atom stereocenters. The summed E-state index contributed by atoms with van der Waals surface area (Å²) in [5, 5.41) is 0. The van der Waals surface area contributed by atoms with Crippen molar-refractivity contribution in [3.8, 4) is 0 Å². The smallest absolute Gasteiger partial charge is 0.307 e. The van der Waals surface area contributed by atoms with Crippen molar-refractivity contribution in [3.63, 3.8) is 0 Å². The monoisotopic (exact) mass is 702 g/mol. The van der Waals surface area contributed by atoms with Crippen molar-refractivity contribution in [2.75, 3.05) is 0 Å². The van der Waals surface area contributed by atoms with Gasteiger partial charge in [0.15, 0.2) is 6.10 Å². The molecule has 0 rings (SSSR count). The lowest BCUT2D eigenvalue weighted by atomic mass is 9.89. The molecule has 0 aliphatic carbocycles. The molecule has 0 amide bonds. The van der Waals surface area contributed by atoms with Gasteiger partial charge in [0.05, 0.1) is 0 Å². The molecule has 0 radical (unpaired) electrons. The molecular weight excluding hydrogens is 618 g/mol. The molecule has 2 atom stereocenters. The molecule has 0 saturated heterocycles. The van der Waals surface area contributed by atoms with Crippen molar-refractivity contribution in [1.29, 1.82) is 0 Å². The second kappa shape index (κ2) is 36.0. The van der Waals surface area contributed by atoms with Crippen molar-refractivity contribution in [1.82, 2.24) is 6.15 Å². The number of halogens is 1. The van der Waals surface area contributed by atoms with Gasteiger partial charge in [-0.15, -0.1) is 0 Å². The molecule has 6 heteroatoms. The molecule has 0 heterocycles. The van der Waals surface area contributed by atoms with E-state index < -0.39 is 17.1 Å². The zero-order chi connectivity index (χ0) is 34.9. The van der Waals surface area contributed by atoms with Crippen LogP contribution in [-0.4, -0.2) is 23.6 Å². The van der Waals surface area contributed by atoms with Crippen LogP contribution in [0.5, 0.6) is 0 Å². The van der Waals surface area contributed by atoms with Gasteiger partial charge in [0.2, 0.25) is 5.56 Å². The molecule has 0 aliphatic heterocycles. The lowest BCUT2D eigenvalue weighted by Gasteiger charge is -2.33. The standard InChI is InChI=1S/C42H81ClO4.H3N/c1-6-8-10-12-14-16-18-20-22-24-26-28-30-32-34-36-38(44)46-40(42(3,4)5)41(43)47-39(45)37-35-33-31-29-27-25-23-21-19-17-15-13-11-9-7-2;/h40-41H,6-37H2,1-5H3;1H3. The molecule has 5 nitrogen and oxygen atoms in total. The van der Waals surface area contributed by atoms with Crippen LogP contribution in [0.3, 0.4) is 0 Å². The lowest BCUT2D eigenvalue weighted by molar-refractivity contribution is -0.169. The van der Waals surface area contributed by atoms with Crippen molar-refractivity contribution in [3.05, 3.63) is 0 Å². The maximum absolute atomic E-state index is 12.6. The molecule has 0 aromatic carbocycles. The van der Waals surface area contributed by atoms with E-state index in [9.17, 15) is 9.59 Å². The first-order valence-electron chi connectivity index (χ1n) is 20.7. The van der Waals surface area contributed by atoms with Crippen LogP contribution in [0.15, 0.2) is 0 Å². The van der Waals surface area contributed by atoms with Crippen molar-refractivity contribution >= 4 is 23.5 Å². The van der Waals surface area contributed by atoms with Crippen LogP contribution in [0.25, 0.3) is 0 Å². The van der Waals surface area contributed by atoms with Gasteiger partial charge in [-0.3, -0.25) is 9.59 Å². The minimum absolute atomic E-state index is 0. The minimum Gasteiger partial charge on any atom is -0.456 e. The van der Waals surface area contributed by atoms with Crippen LogP contribution in [0.1, 0.15) is 240 Å². The van der Waals surface area contributed by atoms with Gasteiger partial charge in [0.1, 0.15) is 0 Å². The summed E-state index contributed by atoms with van der Waals surface area (Å²) >= 11 is 6.52. The highest BCUT2D eigenvalue weighted by atomic mass is 35.5. The van der Waals surface area contributed by atoms with Crippen molar-refractivity contribution < 1.29 is 19.1 Å². The lowest BCUT2D eigenvalue weighted by Crippen LogP contribution is -2.41. The third kappa shape index (κ3) is 33.7. The molecule has 3 N–H and O–H groups in total. The number of carbonyl (C=O) groups is 2. The van der Waals surface area contributed by atoms with Gasteiger partial charge in [-0.25, -0.2) is 0 Å². The second-order valence-electron chi connectivity index (χ2n) is 15.5. The SMILES string of the molecule is CCCCCCCCCCCCCCCCCC(=O)OC(Cl)C(OC(=O)CCCCCCCCCCCCCCCCC)C(C)(C)C.N. The molecule has 0 aromatic heterocycles. The molecule has 0 bridgehead atoms. The van der Waals surface area contributed by atoms with Crippen LogP contribution >= 0.6 is 11.6 Å². The van der Waals surface area contributed by atoms with Crippen LogP contribution < -0.4 is 6.15 Å². The summed E-state index contributed by atoms with van der Waals surface area (Å²) in [5.74, 6) is -0.545. The largest absolute Gasteiger partial charge is 0.456 e. The molecular formula is C42H84ClNO4. The van der Waals surface area contributed by atoms with E-state index in [4.69, 9.17) is 21.1 Å². The normalized spacial score (nSPS) is 12.8. The first-order chi connectivity index (χ1) is 22.7. The molecule has 0 fully saturated rings. The van der Waals surface area contributed by atoms with Gasteiger partial charge in [-0.05, 0) is 12.8 Å². The van der Waals surface area contributed by atoms with Crippen LogP contribution in [0, 0.1) is 5.41 Å². The van der Waals surface area contributed by atoms with E-state index in [0.29, 0.717) is 12.8 Å². The van der Waals surface area contributed by atoms with Gasteiger partial charge in [-0.1, -0.05) is 226 Å². The predicted molar refractivity (Wildman–Crippen MR) is 209 cm³/mol. The summed E-state index contributed by atoms with van der Waals surface area (Å²) < 4.78 is 11.3. The van der Waals surface area contributed by atoms with E-state index in [2.05, 4.69) is 13.8 Å². The minimum atomic E-state index is -0.969. The fourth-order valence-electron chi connectivity index (χ4n) is 6.35. The second-order valence-corrected chi connectivity index (χ2v) is 15.9. The predicted octanol–water partition coefficient (Wildman–Crippen LogP) is 14.7. The molecule has 0 spiro atoms. The number of esters is 2. The van der Waals surface area contributed by atoms with E-state index >= 15 is 0 Å². The third-order valence-electron chi connectivity index (χ3n) is 9.56. The maximum atomic E-state index is 12.6. The van der Waals surface area contributed by atoms with Gasteiger partial charge in [0.25, 0.3) is 0 Å². The first-order valence-corrected chi connectivity index (χ1v) is 21.2. The molecule has 48 heavy (non-hydrogen) atoms. The van der Waals surface area contributed by atoms with Gasteiger partial charge in [-0.2, -0.15) is 0 Å². The zero-order valence-electron chi connectivity index (χ0n) is 33.0. The molecule has 0 aliphatic rings. The number of alkyl halides is 1. The summed E-state index contributed by atoms with van der Waals surface area (Å²) in [6.45, 7) is 10.5. The van der Waals surface area contributed by atoms with Gasteiger partial charge < -0.3 is 15.6 Å². The number of carbonyl (C=O) groups excluding carboxylic acids is 2. The molecule has 288 valence electrons. The molecule has 0 saturated carbocycles. The maximum Gasteiger partial charge on any atom is 0.307 e. The Morgan fingerprint density at radius 1 is 0.438 bits per heavy atom. The topological polar surface area (TPSA) is 87.6 Å². The summed E-state index contributed by atoms with van der Waals surface area (Å²) in [5.41, 5.74) is -1.39. The Labute approximate surface area is 305 Å². The summed E-state index contributed by atoms with van der Waals surface area (Å²) in [6, 6.07) is 0. The summed E-state index contributed by atoms with van der Waals surface area (Å²) in [6.07, 6.45) is 38.9. The van der Waals surface area contributed by atoms with Crippen molar-refractivity contribution in [2.24, 2.45) is 5.41 Å². The first kappa shape index (κ1) is 49.3. The number of unbranched alkanes of at least 4 members (excludes halogenated alkanes) is 28. The average molecular weight is 703 g/mol. The van der Waals surface area contributed by atoms with Crippen LogP contribution in [0.4, 0.5) is 0 Å². The number of ether oxygens (including phenoxy) is 2. The number of hydrogen-bond acceptors (Lipinski definition) is 5. The fraction of sp³-hybridized carbons (Fsp3) is 0.952. The Kier molecular flexibility index (Phi) is 37.0. The third-order valence-corrected chi connectivity index (χ3v) is 9.88. The quantitative estimate of drug-likeness (QED) is 0.0403. The van der Waals surface area contributed by atoms with Crippen LogP contribution in [-0.2, 0) is 19.1 Å². The van der Waals surface area contributed by atoms with Gasteiger partial charge in [0, 0.05) is 18.3 Å². The average Bonchev–Trinajstić information content (AvgIpc) is 3.03. The van der Waals surface area contributed by atoms with Crippen LogP contribution in [0.2, 0.25) is 0 Å². The Morgan fingerprint density at radius 3 is 0.917 bits per heavy atom. The summed E-state index contributed by atoms with van der Waals surface area (Å²) in [7, 11) is 0. The fourth-order valence-corrected chi connectivity index (χ4v) is 6.88.